The molecule has 0 aromatic carbocycles. The van der Waals surface area contributed by atoms with Crippen molar-refractivity contribution in [2.24, 2.45) is 5.92 Å². The summed E-state index contributed by atoms with van der Waals surface area (Å²) in [6.07, 6.45) is 13.0. The Balaban J connectivity index is 1.69. The van der Waals surface area contributed by atoms with E-state index in [2.05, 4.69) is 0 Å². The third-order valence-electron chi connectivity index (χ3n) is 4.48. The molecule has 1 saturated carbocycles. The van der Waals surface area contributed by atoms with Gasteiger partial charge in [-0.2, -0.15) is 0 Å². The maximum atomic E-state index is 11.3. The van der Waals surface area contributed by atoms with Crippen molar-refractivity contribution in [2.45, 2.75) is 64.2 Å². The van der Waals surface area contributed by atoms with Crippen LogP contribution in [0.5, 0.6) is 0 Å². The second-order valence-electron chi connectivity index (χ2n) is 6.13. The van der Waals surface area contributed by atoms with Crippen molar-refractivity contribution in [3.8, 4) is 0 Å². The molecule has 0 saturated heterocycles. The molecule has 1 heterocycles. The number of carboxylic acid groups (broad SMARTS) is 1. The Kier molecular flexibility index (Phi) is 6.03. The van der Waals surface area contributed by atoms with Crippen molar-refractivity contribution in [3.05, 3.63) is 34.2 Å². The van der Waals surface area contributed by atoms with Crippen LogP contribution >= 0.6 is 0 Å². The van der Waals surface area contributed by atoms with Crippen LogP contribution in [0.4, 0.5) is 4.79 Å². The number of pyridine rings is 1. The van der Waals surface area contributed by atoms with Crippen LogP contribution in [0.25, 0.3) is 0 Å². The van der Waals surface area contributed by atoms with Crippen molar-refractivity contribution in [1.82, 2.24) is 4.57 Å². The Hall–Kier alpha value is -1.58. The standard InChI is InChI=1S/C17H25NO3/c19-16-12-11-15(13-18(16)17(20)21)10-6-2-5-9-14-7-3-1-4-8-14/h11-14H,1-10H2,(H,20,21). The Morgan fingerprint density at radius 2 is 1.90 bits per heavy atom. The lowest BCUT2D eigenvalue weighted by molar-refractivity contribution is 0.195. The average molecular weight is 291 g/mol. The summed E-state index contributed by atoms with van der Waals surface area (Å²) >= 11 is 0. The van der Waals surface area contributed by atoms with Gasteiger partial charge in [-0.3, -0.25) is 4.79 Å². The minimum atomic E-state index is -1.21. The van der Waals surface area contributed by atoms with Crippen LogP contribution in [0.1, 0.15) is 63.4 Å². The number of carbonyl (C=O) groups is 1. The number of unbranched alkanes of at least 4 members (excludes halogenated alkanes) is 2. The SMILES string of the molecule is O=C(O)n1cc(CCCCCC2CCCCC2)ccc1=O. The number of aromatic nitrogens is 1. The summed E-state index contributed by atoms with van der Waals surface area (Å²) in [5.74, 6) is 0.938. The van der Waals surface area contributed by atoms with Gasteiger partial charge >= 0.3 is 6.09 Å². The quantitative estimate of drug-likeness (QED) is 0.804. The van der Waals surface area contributed by atoms with E-state index in [-0.39, 0.29) is 0 Å². The summed E-state index contributed by atoms with van der Waals surface area (Å²) in [6.45, 7) is 0. The molecule has 2 rings (SSSR count). The molecular weight excluding hydrogens is 266 g/mol. The molecule has 1 aliphatic rings. The smallest absolute Gasteiger partial charge is 0.418 e. The van der Waals surface area contributed by atoms with Gasteiger partial charge in [0.25, 0.3) is 5.56 Å². The van der Waals surface area contributed by atoms with Crippen molar-refractivity contribution in [2.75, 3.05) is 0 Å². The van der Waals surface area contributed by atoms with E-state index in [1.54, 1.807) is 6.07 Å². The summed E-state index contributed by atoms with van der Waals surface area (Å²) in [5, 5.41) is 8.91. The van der Waals surface area contributed by atoms with E-state index in [1.165, 1.54) is 63.6 Å². The largest absolute Gasteiger partial charge is 0.464 e. The van der Waals surface area contributed by atoms with Crippen molar-refractivity contribution >= 4 is 6.09 Å². The Bertz CT molecular complexity index is 515. The molecule has 1 aliphatic carbocycles. The van der Waals surface area contributed by atoms with Crippen LogP contribution in [0, 0.1) is 5.92 Å². The molecule has 0 spiro atoms. The second kappa shape index (κ2) is 8.01. The average Bonchev–Trinajstić information content (AvgIpc) is 2.49. The molecule has 116 valence electrons. The van der Waals surface area contributed by atoms with Crippen LogP contribution < -0.4 is 5.56 Å². The normalized spacial score (nSPS) is 16.0. The van der Waals surface area contributed by atoms with Gasteiger partial charge in [0.15, 0.2) is 0 Å². The molecule has 1 aromatic heterocycles. The van der Waals surface area contributed by atoms with Crippen LogP contribution in [0.2, 0.25) is 0 Å². The van der Waals surface area contributed by atoms with E-state index in [0.717, 1.165) is 28.9 Å². The number of nitrogens with zero attached hydrogens (tertiary/aromatic N) is 1. The molecule has 0 amide bonds. The minimum Gasteiger partial charge on any atom is -0.464 e. The van der Waals surface area contributed by atoms with E-state index in [4.69, 9.17) is 5.11 Å². The maximum absolute atomic E-state index is 11.3. The molecule has 0 bridgehead atoms. The molecule has 0 atom stereocenters. The molecule has 4 heteroatoms. The van der Waals surface area contributed by atoms with Gasteiger partial charge in [-0.15, -0.1) is 0 Å². The lowest BCUT2D eigenvalue weighted by Gasteiger charge is -2.21. The molecule has 0 radical (unpaired) electrons. The lowest BCUT2D eigenvalue weighted by atomic mass is 9.85. The fraction of sp³-hybridized carbons (Fsp3) is 0.647. The molecular formula is C17H25NO3. The fourth-order valence-corrected chi connectivity index (χ4v) is 3.24. The number of aryl methyl sites for hydroxylation is 1. The number of rotatable bonds is 6. The highest BCUT2D eigenvalue weighted by atomic mass is 16.4. The predicted octanol–water partition coefficient (Wildman–Crippen LogP) is 4.06. The number of hydrogen-bond donors (Lipinski definition) is 1. The van der Waals surface area contributed by atoms with Gasteiger partial charge in [-0.1, -0.05) is 57.4 Å². The van der Waals surface area contributed by atoms with Gasteiger partial charge in [0, 0.05) is 12.3 Å². The molecule has 21 heavy (non-hydrogen) atoms. The lowest BCUT2D eigenvalue weighted by Crippen LogP contribution is -2.24. The zero-order valence-electron chi connectivity index (χ0n) is 12.6. The first-order valence-corrected chi connectivity index (χ1v) is 8.11. The zero-order valence-corrected chi connectivity index (χ0v) is 12.6. The first-order valence-electron chi connectivity index (χ1n) is 8.11. The van der Waals surface area contributed by atoms with E-state index >= 15 is 0 Å². The highest BCUT2D eigenvalue weighted by molar-refractivity contribution is 5.67. The zero-order chi connectivity index (χ0) is 15.1. The molecule has 1 N–H and O–H groups in total. The summed E-state index contributed by atoms with van der Waals surface area (Å²) in [4.78, 5) is 22.2. The summed E-state index contributed by atoms with van der Waals surface area (Å²) in [7, 11) is 0. The third-order valence-corrected chi connectivity index (χ3v) is 4.48. The Morgan fingerprint density at radius 1 is 1.14 bits per heavy atom. The monoisotopic (exact) mass is 291 g/mol. The predicted molar refractivity (Wildman–Crippen MR) is 82.9 cm³/mol. The first kappa shape index (κ1) is 15.8. The van der Waals surface area contributed by atoms with Gasteiger partial charge in [-0.25, -0.2) is 9.36 Å². The summed E-state index contributed by atoms with van der Waals surface area (Å²) in [6, 6.07) is 3.08. The van der Waals surface area contributed by atoms with Gasteiger partial charge in [-0.05, 0) is 24.3 Å². The molecule has 1 fully saturated rings. The van der Waals surface area contributed by atoms with E-state index in [9.17, 15) is 9.59 Å². The maximum Gasteiger partial charge on any atom is 0.418 e. The number of hydrogen-bond acceptors (Lipinski definition) is 2. The highest BCUT2D eigenvalue weighted by Crippen LogP contribution is 2.27. The van der Waals surface area contributed by atoms with Crippen LogP contribution in [0.15, 0.2) is 23.1 Å². The van der Waals surface area contributed by atoms with Crippen LogP contribution in [0.3, 0.4) is 0 Å². The van der Waals surface area contributed by atoms with E-state index in [1.807, 2.05) is 0 Å². The summed E-state index contributed by atoms with van der Waals surface area (Å²) < 4.78 is 0.761. The van der Waals surface area contributed by atoms with Crippen LogP contribution in [-0.4, -0.2) is 15.8 Å². The fourth-order valence-electron chi connectivity index (χ4n) is 3.24. The Labute approximate surface area is 125 Å². The van der Waals surface area contributed by atoms with Crippen molar-refractivity contribution < 1.29 is 9.90 Å². The highest BCUT2D eigenvalue weighted by Gasteiger charge is 2.12. The van der Waals surface area contributed by atoms with Gasteiger partial charge in [0.2, 0.25) is 0 Å². The minimum absolute atomic E-state index is 0.483. The van der Waals surface area contributed by atoms with E-state index in [0.29, 0.717) is 0 Å². The van der Waals surface area contributed by atoms with E-state index < -0.39 is 11.7 Å². The second-order valence-corrected chi connectivity index (χ2v) is 6.13. The third kappa shape index (κ3) is 5.03. The molecule has 1 aromatic rings. The molecule has 0 unspecified atom stereocenters. The molecule has 0 aliphatic heterocycles. The summed E-state index contributed by atoms with van der Waals surface area (Å²) in [5.41, 5.74) is 0.443. The van der Waals surface area contributed by atoms with Gasteiger partial charge < -0.3 is 5.11 Å². The molecule has 4 nitrogen and oxygen atoms in total. The van der Waals surface area contributed by atoms with Gasteiger partial charge in [0.1, 0.15) is 0 Å². The topological polar surface area (TPSA) is 59.3 Å². The van der Waals surface area contributed by atoms with Gasteiger partial charge in [0.05, 0.1) is 0 Å². The van der Waals surface area contributed by atoms with Crippen LogP contribution in [-0.2, 0) is 6.42 Å². The van der Waals surface area contributed by atoms with Crippen molar-refractivity contribution in [1.29, 1.82) is 0 Å². The Morgan fingerprint density at radius 3 is 2.62 bits per heavy atom. The first-order chi connectivity index (χ1) is 10.2. The van der Waals surface area contributed by atoms with Crippen molar-refractivity contribution in [3.63, 3.8) is 0 Å².